The molecule has 104 valence electrons. The molecule has 0 saturated carbocycles. The maximum atomic E-state index is 12.4. The molecule has 0 spiro atoms. The van der Waals surface area contributed by atoms with Crippen LogP contribution in [0.15, 0.2) is 33.5 Å². The number of nitrogens with one attached hydrogen (secondary N) is 1. The molecule has 2 rings (SSSR count). The van der Waals surface area contributed by atoms with Crippen LogP contribution < -0.4 is 10.9 Å². The predicted octanol–water partition coefficient (Wildman–Crippen LogP) is 3.13. The number of hydrogen-bond acceptors (Lipinski definition) is 3. The lowest BCUT2D eigenvalue weighted by Gasteiger charge is -2.11. The smallest absolute Gasteiger partial charge is 0.336 e. The van der Waals surface area contributed by atoms with Gasteiger partial charge in [-0.05, 0) is 50.5 Å². The fourth-order valence-electron chi connectivity index (χ4n) is 2.15. The summed E-state index contributed by atoms with van der Waals surface area (Å²) in [5, 5.41) is 2.87. The van der Waals surface area contributed by atoms with E-state index in [1.54, 1.807) is 13.8 Å². The number of hydrogen-bond donors (Lipinski definition) is 1. The highest BCUT2D eigenvalue weighted by Crippen LogP contribution is 2.19. The van der Waals surface area contributed by atoms with E-state index in [9.17, 15) is 9.59 Å². The molecule has 0 atom stereocenters. The quantitative estimate of drug-likeness (QED) is 0.912. The highest BCUT2D eigenvalue weighted by Gasteiger charge is 2.16. The molecule has 20 heavy (non-hydrogen) atoms. The second-order valence-corrected chi connectivity index (χ2v) is 4.95. The minimum atomic E-state index is -0.441. The fourth-order valence-corrected chi connectivity index (χ4v) is 2.15. The van der Waals surface area contributed by atoms with Crippen LogP contribution >= 0.6 is 0 Å². The van der Waals surface area contributed by atoms with Crippen molar-refractivity contribution < 1.29 is 9.21 Å². The van der Waals surface area contributed by atoms with Crippen molar-refractivity contribution >= 4 is 11.6 Å². The lowest BCUT2D eigenvalue weighted by molar-refractivity contribution is 0.102. The average molecular weight is 271 g/mol. The maximum absolute atomic E-state index is 12.4. The summed E-state index contributed by atoms with van der Waals surface area (Å²) in [5.41, 5.74) is 3.39. The molecule has 1 aromatic carbocycles. The van der Waals surface area contributed by atoms with E-state index in [4.69, 9.17) is 4.42 Å². The van der Waals surface area contributed by atoms with Gasteiger partial charge in [0.05, 0.1) is 5.56 Å². The van der Waals surface area contributed by atoms with Gasteiger partial charge in [0.25, 0.3) is 5.91 Å². The van der Waals surface area contributed by atoms with Crippen LogP contribution in [0, 0.1) is 27.7 Å². The Bertz CT molecular complexity index is 703. The zero-order valence-corrected chi connectivity index (χ0v) is 12.0. The van der Waals surface area contributed by atoms with Crippen LogP contribution in [0.3, 0.4) is 0 Å². The fraction of sp³-hybridized carbons (Fsp3) is 0.250. The monoisotopic (exact) mass is 271 g/mol. The number of aryl methyl sites for hydroxylation is 4. The van der Waals surface area contributed by atoms with E-state index in [1.165, 1.54) is 6.07 Å². The Hall–Kier alpha value is -2.36. The van der Waals surface area contributed by atoms with E-state index in [2.05, 4.69) is 5.32 Å². The van der Waals surface area contributed by atoms with Crippen molar-refractivity contribution in [3.05, 3.63) is 62.7 Å². The highest BCUT2D eigenvalue weighted by molar-refractivity contribution is 6.06. The van der Waals surface area contributed by atoms with Crippen molar-refractivity contribution in [3.63, 3.8) is 0 Å². The van der Waals surface area contributed by atoms with E-state index in [0.29, 0.717) is 16.9 Å². The molecule has 0 unspecified atom stereocenters. The Kier molecular flexibility index (Phi) is 3.74. The second-order valence-electron chi connectivity index (χ2n) is 4.95. The van der Waals surface area contributed by atoms with Gasteiger partial charge in [-0.1, -0.05) is 12.1 Å². The van der Waals surface area contributed by atoms with Crippen LogP contribution in [0.2, 0.25) is 0 Å². The largest absolute Gasteiger partial charge is 0.427 e. The van der Waals surface area contributed by atoms with Crippen LogP contribution in [0.1, 0.15) is 32.8 Å². The molecule has 0 saturated heterocycles. The summed E-state index contributed by atoms with van der Waals surface area (Å²) >= 11 is 0. The van der Waals surface area contributed by atoms with Crippen LogP contribution in [0.4, 0.5) is 5.69 Å². The molecule has 1 amide bonds. The van der Waals surface area contributed by atoms with Gasteiger partial charge in [0.15, 0.2) is 0 Å². The van der Waals surface area contributed by atoms with Gasteiger partial charge in [-0.3, -0.25) is 4.79 Å². The minimum absolute atomic E-state index is 0.266. The normalized spacial score (nSPS) is 10.4. The molecule has 0 aliphatic carbocycles. The number of carbonyl (C=O) groups excluding carboxylic acids is 1. The lowest BCUT2D eigenvalue weighted by Crippen LogP contribution is -2.17. The first-order valence-electron chi connectivity index (χ1n) is 6.38. The van der Waals surface area contributed by atoms with Crippen molar-refractivity contribution in [2.45, 2.75) is 27.7 Å². The molecular weight excluding hydrogens is 254 g/mol. The van der Waals surface area contributed by atoms with Gasteiger partial charge in [-0.25, -0.2) is 4.79 Å². The van der Waals surface area contributed by atoms with Gasteiger partial charge in [0.1, 0.15) is 5.76 Å². The molecule has 0 bridgehead atoms. The zero-order chi connectivity index (χ0) is 14.9. The van der Waals surface area contributed by atoms with Crippen LogP contribution in [-0.4, -0.2) is 5.91 Å². The van der Waals surface area contributed by atoms with E-state index >= 15 is 0 Å². The van der Waals surface area contributed by atoms with Gasteiger partial charge in [0, 0.05) is 11.8 Å². The van der Waals surface area contributed by atoms with Crippen LogP contribution in [0.5, 0.6) is 0 Å². The molecule has 4 heteroatoms. The number of benzene rings is 1. The first-order valence-corrected chi connectivity index (χ1v) is 6.38. The summed E-state index contributed by atoms with van der Waals surface area (Å²) in [6, 6.07) is 7.18. The van der Waals surface area contributed by atoms with Crippen molar-refractivity contribution in [2.24, 2.45) is 0 Å². The predicted molar refractivity (Wildman–Crippen MR) is 78.3 cm³/mol. The third kappa shape index (κ3) is 2.79. The van der Waals surface area contributed by atoms with E-state index in [1.807, 2.05) is 32.0 Å². The molecule has 2 aromatic rings. The van der Waals surface area contributed by atoms with Crippen molar-refractivity contribution in [1.29, 1.82) is 0 Å². The SMILES string of the molecule is Cc1ccc(C)c(NC(=O)c2c(C)cc(=O)oc2C)c1. The lowest BCUT2D eigenvalue weighted by atomic mass is 10.1. The summed E-state index contributed by atoms with van der Waals surface area (Å²) in [6.45, 7) is 7.24. The number of rotatable bonds is 2. The molecule has 0 aliphatic rings. The summed E-state index contributed by atoms with van der Waals surface area (Å²) in [4.78, 5) is 23.6. The highest BCUT2D eigenvalue weighted by atomic mass is 16.4. The third-order valence-corrected chi connectivity index (χ3v) is 3.20. The molecule has 1 aromatic heterocycles. The standard InChI is InChI=1S/C16H17NO3/c1-9-5-6-10(2)13(7-9)17-16(19)15-11(3)8-14(18)20-12(15)4/h5-8H,1-4H3,(H,17,19). The van der Waals surface area contributed by atoms with E-state index in [0.717, 1.165) is 16.8 Å². The summed E-state index contributed by atoms with van der Waals surface area (Å²) in [7, 11) is 0. The Morgan fingerprint density at radius 3 is 2.40 bits per heavy atom. The van der Waals surface area contributed by atoms with Gasteiger partial charge < -0.3 is 9.73 Å². The zero-order valence-electron chi connectivity index (χ0n) is 12.0. The van der Waals surface area contributed by atoms with E-state index in [-0.39, 0.29) is 5.91 Å². The Labute approximate surface area is 117 Å². The molecule has 4 nitrogen and oxygen atoms in total. The maximum Gasteiger partial charge on any atom is 0.336 e. The summed E-state index contributed by atoms with van der Waals surface area (Å²) < 4.78 is 4.99. The first-order chi connectivity index (χ1) is 9.38. The van der Waals surface area contributed by atoms with Gasteiger partial charge >= 0.3 is 5.63 Å². The number of carbonyl (C=O) groups is 1. The Balaban J connectivity index is 2.38. The Morgan fingerprint density at radius 1 is 1.05 bits per heavy atom. The topological polar surface area (TPSA) is 59.3 Å². The van der Waals surface area contributed by atoms with Crippen molar-refractivity contribution in [2.75, 3.05) is 5.32 Å². The molecule has 1 heterocycles. The van der Waals surface area contributed by atoms with Gasteiger partial charge in [-0.15, -0.1) is 0 Å². The molecule has 0 fully saturated rings. The van der Waals surface area contributed by atoms with E-state index < -0.39 is 5.63 Å². The second kappa shape index (κ2) is 5.33. The number of amides is 1. The third-order valence-electron chi connectivity index (χ3n) is 3.20. The molecule has 0 aliphatic heterocycles. The molecule has 1 N–H and O–H groups in total. The van der Waals surface area contributed by atoms with Gasteiger partial charge in [0.2, 0.25) is 0 Å². The summed E-state index contributed by atoms with van der Waals surface area (Å²) in [5.74, 6) is 0.0651. The van der Waals surface area contributed by atoms with Crippen LogP contribution in [0.25, 0.3) is 0 Å². The summed E-state index contributed by atoms with van der Waals surface area (Å²) in [6.07, 6.45) is 0. The Morgan fingerprint density at radius 2 is 1.75 bits per heavy atom. The molecular formula is C16H17NO3. The van der Waals surface area contributed by atoms with Crippen LogP contribution in [-0.2, 0) is 0 Å². The average Bonchev–Trinajstić information content (AvgIpc) is 2.32. The molecule has 0 radical (unpaired) electrons. The van der Waals surface area contributed by atoms with Crippen molar-refractivity contribution in [1.82, 2.24) is 0 Å². The number of anilines is 1. The van der Waals surface area contributed by atoms with Crippen molar-refractivity contribution in [3.8, 4) is 0 Å². The van der Waals surface area contributed by atoms with Gasteiger partial charge in [-0.2, -0.15) is 0 Å². The minimum Gasteiger partial charge on any atom is -0.427 e. The first kappa shape index (κ1) is 14.1.